The molecule has 0 atom stereocenters. The predicted molar refractivity (Wildman–Crippen MR) is 70.2 cm³/mol. The Bertz CT molecular complexity index is 508. The van der Waals surface area contributed by atoms with Crippen molar-refractivity contribution in [2.75, 3.05) is 5.32 Å². The highest BCUT2D eigenvalue weighted by atomic mass is 35.5. The lowest BCUT2D eigenvalue weighted by Gasteiger charge is -2.08. The van der Waals surface area contributed by atoms with Crippen LogP contribution in [0.3, 0.4) is 0 Å². The maximum atomic E-state index is 13.1. The minimum absolute atomic E-state index is 0.339. The number of nitrogens with one attached hydrogen (secondary N) is 1. The molecule has 0 aliphatic rings. The summed E-state index contributed by atoms with van der Waals surface area (Å²) in [4.78, 5) is 0. The highest BCUT2D eigenvalue weighted by molar-refractivity contribution is 6.33. The third-order valence-electron chi connectivity index (χ3n) is 2.28. The number of hydrogen-bond donors (Lipinski definition) is 1. The van der Waals surface area contributed by atoms with Crippen molar-refractivity contribution in [3.05, 3.63) is 63.9 Å². The molecule has 0 bridgehead atoms. The van der Waals surface area contributed by atoms with Crippen molar-refractivity contribution in [2.45, 2.75) is 6.54 Å². The van der Waals surface area contributed by atoms with Gasteiger partial charge >= 0.3 is 0 Å². The number of benzene rings is 2. The fraction of sp³-hybridized carbons (Fsp3) is 0.0769. The minimum atomic E-state index is -0.339. The molecule has 0 unspecified atom stereocenters. The molecule has 0 aliphatic heterocycles. The molecule has 17 heavy (non-hydrogen) atoms. The molecule has 0 radical (unpaired) electrons. The Morgan fingerprint density at radius 2 is 1.82 bits per heavy atom. The molecule has 0 amide bonds. The first-order valence-electron chi connectivity index (χ1n) is 5.08. The largest absolute Gasteiger partial charge is 0.380 e. The quantitative estimate of drug-likeness (QED) is 0.849. The van der Waals surface area contributed by atoms with Crippen LogP contribution in [0.15, 0.2) is 42.5 Å². The summed E-state index contributed by atoms with van der Waals surface area (Å²) in [5.74, 6) is -0.339. The predicted octanol–water partition coefficient (Wildman–Crippen LogP) is 4.74. The van der Waals surface area contributed by atoms with Gasteiger partial charge in [0.2, 0.25) is 0 Å². The molecule has 0 saturated heterocycles. The fourth-order valence-electron chi connectivity index (χ4n) is 1.51. The Hall–Kier alpha value is -1.25. The lowest BCUT2D eigenvalue weighted by atomic mass is 10.2. The van der Waals surface area contributed by atoms with Gasteiger partial charge < -0.3 is 5.32 Å². The molecule has 1 N–H and O–H groups in total. The van der Waals surface area contributed by atoms with E-state index in [4.69, 9.17) is 23.2 Å². The van der Waals surface area contributed by atoms with Crippen LogP contribution in [0.25, 0.3) is 0 Å². The van der Waals surface area contributed by atoms with Crippen molar-refractivity contribution in [3.8, 4) is 0 Å². The lowest BCUT2D eigenvalue weighted by Crippen LogP contribution is -2.00. The van der Waals surface area contributed by atoms with Crippen LogP contribution in [-0.2, 0) is 6.54 Å². The maximum Gasteiger partial charge on any atom is 0.125 e. The van der Waals surface area contributed by atoms with Crippen LogP contribution in [0.2, 0.25) is 10.0 Å². The molecule has 0 aromatic heterocycles. The lowest BCUT2D eigenvalue weighted by molar-refractivity contribution is 0.626. The van der Waals surface area contributed by atoms with Crippen molar-refractivity contribution in [2.24, 2.45) is 0 Å². The zero-order chi connectivity index (χ0) is 12.3. The number of rotatable bonds is 3. The molecule has 0 fully saturated rings. The molecule has 2 aromatic carbocycles. The molecule has 88 valence electrons. The van der Waals surface area contributed by atoms with Gasteiger partial charge in [0, 0.05) is 11.6 Å². The Morgan fingerprint density at radius 3 is 2.53 bits per heavy atom. The molecule has 0 heterocycles. The molecule has 2 aromatic rings. The van der Waals surface area contributed by atoms with E-state index in [1.54, 1.807) is 12.1 Å². The molecule has 2 rings (SSSR count). The second-order valence-electron chi connectivity index (χ2n) is 3.61. The topological polar surface area (TPSA) is 12.0 Å². The van der Waals surface area contributed by atoms with Crippen LogP contribution >= 0.6 is 23.2 Å². The first-order valence-corrected chi connectivity index (χ1v) is 5.84. The third kappa shape index (κ3) is 3.35. The molecule has 0 spiro atoms. The van der Waals surface area contributed by atoms with E-state index in [2.05, 4.69) is 5.32 Å². The standard InChI is InChI=1S/C13H10Cl2FN/c14-10-5-9(6-11(16)7-10)8-17-13-4-2-1-3-12(13)15/h1-7,17H,8H2. The Balaban J connectivity index is 2.10. The first-order chi connectivity index (χ1) is 8.15. The second kappa shape index (κ2) is 5.39. The maximum absolute atomic E-state index is 13.1. The van der Waals surface area contributed by atoms with E-state index in [-0.39, 0.29) is 5.82 Å². The van der Waals surface area contributed by atoms with Gasteiger partial charge in [0.25, 0.3) is 0 Å². The summed E-state index contributed by atoms with van der Waals surface area (Å²) in [6, 6.07) is 11.8. The van der Waals surface area contributed by atoms with Gasteiger partial charge in [0.1, 0.15) is 5.82 Å². The number of halogens is 3. The molecule has 4 heteroatoms. The minimum Gasteiger partial charge on any atom is -0.380 e. The van der Waals surface area contributed by atoms with Crippen molar-refractivity contribution in [3.63, 3.8) is 0 Å². The van der Waals surface area contributed by atoms with Crippen LogP contribution in [0.5, 0.6) is 0 Å². The van der Waals surface area contributed by atoms with Gasteiger partial charge in [0.15, 0.2) is 0 Å². The van der Waals surface area contributed by atoms with Crippen LogP contribution < -0.4 is 5.32 Å². The van der Waals surface area contributed by atoms with Crippen LogP contribution in [0, 0.1) is 5.82 Å². The van der Waals surface area contributed by atoms with E-state index in [1.807, 2.05) is 18.2 Å². The van der Waals surface area contributed by atoms with Crippen LogP contribution in [0.4, 0.5) is 10.1 Å². The van der Waals surface area contributed by atoms with Crippen LogP contribution in [-0.4, -0.2) is 0 Å². The van der Waals surface area contributed by atoms with Crippen molar-refractivity contribution in [1.82, 2.24) is 0 Å². The van der Waals surface area contributed by atoms with Crippen molar-refractivity contribution < 1.29 is 4.39 Å². The molecular weight excluding hydrogens is 260 g/mol. The van der Waals surface area contributed by atoms with Gasteiger partial charge in [-0.25, -0.2) is 4.39 Å². The van der Waals surface area contributed by atoms with Gasteiger partial charge in [-0.15, -0.1) is 0 Å². The zero-order valence-electron chi connectivity index (χ0n) is 8.88. The van der Waals surface area contributed by atoms with E-state index in [0.717, 1.165) is 11.3 Å². The zero-order valence-corrected chi connectivity index (χ0v) is 10.4. The molecule has 1 nitrogen and oxygen atoms in total. The van der Waals surface area contributed by atoms with Crippen molar-refractivity contribution in [1.29, 1.82) is 0 Å². The van der Waals surface area contributed by atoms with Crippen molar-refractivity contribution >= 4 is 28.9 Å². The third-order valence-corrected chi connectivity index (χ3v) is 2.83. The van der Waals surface area contributed by atoms with Gasteiger partial charge in [-0.2, -0.15) is 0 Å². The molecule has 0 aliphatic carbocycles. The fourth-order valence-corrected chi connectivity index (χ4v) is 1.96. The van der Waals surface area contributed by atoms with Gasteiger partial charge in [0.05, 0.1) is 10.7 Å². The number of hydrogen-bond acceptors (Lipinski definition) is 1. The molecule has 0 saturated carbocycles. The first kappa shape index (κ1) is 12.2. The van der Waals surface area contributed by atoms with E-state index < -0.39 is 0 Å². The van der Waals surface area contributed by atoms with Gasteiger partial charge in [-0.05, 0) is 35.9 Å². The van der Waals surface area contributed by atoms with Gasteiger partial charge in [-0.1, -0.05) is 35.3 Å². The summed E-state index contributed by atoms with van der Waals surface area (Å²) < 4.78 is 13.1. The summed E-state index contributed by atoms with van der Waals surface area (Å²) in [6.07, 6.45) is 0. The SMILES string of the molecule is Fc1cc(Cl)cc(CNc2ccccc2Cl)c1. The van der Waals surface area contributed by atoms with Gasteiger partial charge in [-0.3, -0.25) is 0 Å². The van der Waals surface area contributed by atoms with Crippen LogP contribution in [0.1, 0.15) is 5.56 Å². The highest BCUT2D eigenvalue weighted by Crippen LogP contribution is 2.22. The monoisotopic (exact) mass is 269 g/mol. The van der Waals surface area contributed by atoms with E-state index >= 15 is 0 Å². The Kier molecular flexibility index (Phi) is 3.87. The Morgan fingerprint density at radius 1 is 1.06 bits per heavy atom. The van der Waals surface area contributed by atoms with E-state index in [1.165, 1.54) is 12.1 Å². The second-order valence-corrected chi connectivity index (χ2v) is 4.45. The highest BCUT2D eigenvalue weighted by Gasteiger charge is 2.01. The smallest absolute Gasteiger partial charge is 0.125 e. The summed E-state index contributed by atoms with van der Waals surface area (Å²) in [5.41, 5.74) is 1.59. The average molecular weight is 270 g/mol. The number of anilines is 1. The number of para-hydroxylation sites is 1. The summed E-state index contributed by atoms with van der Waals surface area (Å²) >= 11 is 11.8. The Labute approximate surface area is 109 Å². The van der Waals surface area contributed by atoms with E-state index in [0.29, 0.717) is 16.6 Å². The average Bonchev–Trinajstić information content (AvgIpc) is 2.27. The van der Waals surface area contributed by atoms with E-state index in [9.17, 15) is 4.39 Å². The molecular formula is C13H10Cl2FN. The summed E-state index contributed by atoms with van der Waals surface area (Å²) in [6.45, 7) is 0.473. The summed E-state index contributed by atoms with van der Waals surface area (Å²) in [5, 5.41) is 4.15. The normalized spacial score (nSPS) is 10.3. The summed E-state index contributed by atoms with van der Waals surface area (Å²) in [7, 11) is 0.